The maximum Gasteiger partial charge on any atom is 0.303 e. The van der Waals surface area contributed by atoms with Crippen molar-refractivity contribution in [3.05, 3.63) is 35.4 Å². The minimum Gasteiger partial charge on any atom is -0.481 e. The molecule has 0 saturated heterocycles. The number of benzene rings is 1. The van der Waals surface area contributed by atoms with Crippen LogP contribution in [-0.4, -0.2) is 35.6 Å². The van der Waals surface area contributed by atoms with Gasteiger partial charge in [-0.25, -0.2) is 8.42 Å². The van der Waals surface area contributed by atoms with Crippen molar-refractivity contribution in [3.8, 4) is 0 Å². The van der Waals surface area contributed by atoms with E-state index in [1.165, 1.54) is 0 Å². The van der Waals surface area contributed by atoms with Crippen molar-refractivity contribution in [2.24, 2.45) is 0 Å². The second kappa shape index (κ2) is 6.58. The van der Waals surface area contributed by atoms with Crippen LogP contribution >= 0.6 is 0 Å². The summed E-state index contributed by atoms with van der Waals surface area (Å²) < 4.78 is 26.4. The molecule has 0 radical (unpaired) electrons. The highest BCUT2D eigenvalue weighted by Gasteiger charge is 2.36. The summed E-state index contributed by atoms with van der Waals surface area (Å²) in [5.74, 6) is -1.05. The molecule has 1 aromatic carbocycles. The average Bonchev–Trinajstić information content (AvgIpc) is 3.19. The Labute approximate surface area is 125 Å². The summed E-state index contributed by atoms with van der Waals surface area (Å²) in [7, 11) is -3.40. The minimum absolute atomic E-state index is 0.0836. The van der Waals surface area contributed by atoms with Crippen molar-refractivity contribution in [1.82, 2.24) is 4.31 Å². The van der Waals surface area contributed by atoms with Gasteiger partial charge < -0.3 is 5.11 Å². The normalized spacial score (nSPS) is 15.3. The van der Waals surface area contributed by atoms with Gasteiger partial charge in [-0.05, 0) is 31.7 Å². The van der Waals surface area contributed by atoms with E-state index in [0.29, 0.717) is 6.54 Å². The van der Waals surface area contributed by atoms with Crippen LogP contribution in [0.15, 0.2) is 24.3 Å². The van der Waals surface area contributed by atoms with Crippen molar-refractivity contribution in [1.29, 1.82) is 0 Å². The molecule has 21 heavy (non-hydrogen) atoms. The van der Waals surface area contributed by atoms with E-state index in [2.05, 4.69) is 0 Å². The summed E-state index contributed by atoms with van der Waals surface area (Å²) in [6.07, 6.45) is 1.84. The van der Waals surface area contributed by atoms with Crippen LogP contribution in [0.3, 0.4) is 0 Å². The molecule has 0 spiro atoms. The molecule has 1 aliphatic carbocycles. The number of hydrogen-bond donors (Lipinski definition) is 1. The molecule has 1 fully saturated rings. The molecule has 1 aliphatic rings. The van der Waals surface area contributed by atoms with Gasteiger partial charge in [0.1, 0.15) is 0 Å². The minimum atomic E-state index is -3.40. The molecule has 0 aromatic heterocycles. The molecule has 0 heterocycles. The fourth-order valence-electron chi connectivity index (χ4n) is 2.33. The predicted octanol–water partition coefficient (Wildman–Crippen LogP) is 2.15. The highest BCUT2D eigenvalue weighted by atomic mass is 32.2. The van der Waals surface area contributed by atoms with Crippen molar-refractivity contribution in [2.75, 3.05) is 5.75 Å². The average molecular weight is 311 g/mol. The molecule has 1 N–H and O–H groups in total. The van der Waals surface area contributed by atoms with E-state index >= 15 is 0 Å². The first kappa shape index (κ1) is 16.0. The number of hydrogen-bond acceptors (Lipinski definition) is 3. The lowest BCUT2D eigenvalue weighted by molar-refractivity contribution is -0.137. The van der Waals surface area contributed by atoms with Gasteiger partial charge in [0.15, 0.2) is 0 Å². The fourth-order valence-corrected chi connectivity index (χ4v) is 4.09. The summed E-state index contributed by atoms with van der Waals surface area (Å²) in [6, 6.07) is 7.90. The summed E-state index contributed by atoms with van der Waals surface area (Å²) >= 11 is 0. The van der Waals surface area contributed by atoms with E-state index in [0.717, 1.165) is 24.0 Å². The van der Waals surface area contributed by atoms with Crippen LogP contribution in [0.25, 0.3) is 0 Å². The number of carbonyl (C=O) groups is 1. The summed E-state index contributed by atoms with van der Waals surface area (Å²) in [5.41, 5.74) is 2.08. The number of nitrogens with zero attached hydrogens (tertiary/aromatic N) is 1. The number of carboxylic acid groups (broad SMARTS) is 1. The molecular formula is C15H21NO4S. The van der Waals surface area contributed by atoms with E-state index in [4.69, 9.17) is 5.11 Å². The summed E-state index contributed by atoms with van der Waals surface area (Å²) in [5, 5.41) is 8.63. The number of aryl methyl sites for hydroxylation is 1. The summed E-state index contributed by atoms with van der Waals surface area (Å²) in [4.78, 5) is 10.5. The Morgan fingerprint density at radius 1 is 1.38 bits per heavy atom. The highest BCUT2D eigenvalue weighted by molar-refractivity contribution is 7.89. The maximum absolute atomic E-state index is 12.4. The van der Waals surface area contributed by atoms with Crippen molar-refractivity contribution in [2.45, 2.75) is 45.2 Å². The SMILES string of the molecule is Cc1cccc(CN(C2CC2)S(=O)(=O)CCCC(=O)O)c1. The molecule has 0 aliphatic heterocycles. The zero-order valence-corrected chi connectivity index (χ0v) is 13.0. The lowest BCUT2D eigenvalue weighted by Gasteiger charge is -2.22. The maximum atomic E-state index is 12.4. The fraction of sp³-hybridized carbons (Fsp3) is 0.533. The third-order valence-electron chi connectivity index (χ3n) is 3.53. The third kappa shape index (κ3) is 4.82. The third-order valence-corrected chi connectivity index (χ3v) is 5.47. The van der Waals surface area contributed by atoms with Gasteiger partial charge in [-0.2, -0.15) is 4.31 Å². The molecule has 0 amide bonds. The van der Waals surface area contributed by atoms with Gasteiger partial charge in [-0.1, -0.05) is 29.8 Å². The lowest BCUT2D eigenvalue weighted by atomic mass is 10.1. The molecule has 116 valence electrons. The molecule has 5 nitrogen and oxygen atoms in total. The first-order valence-corrected chi connectivity index (χ1v) is 8.76. The van der Waals surface area contributed by atoms with Gasteiger partial charge in [0, 0.05) is 19.0 Å². The Kier molecular flexibility index (Phi) is 5.00. The Bertz CT molecular complexity index is 608. The Morgan fingerprint density at radius 2 is 2.10 bits per heavy atom. The molecule has 6 heteroatoms. The lowest BCUT2D eigenvalue weighted by Crippen LogP contribution is -2.34. The van der Waals surface area contributed by atoms with Crippen LogP contribution in [0.1, 0.15) is 36.8 Å². The van der Waals surface area contributed by atoms with Crippen molar-refractivity contribution in [3.63, 3.8) is 0 Å². The summed E-state index contributed by atoms with van der Waals surface area (Å²) in [6.45, 7) is 2.36. The standard InChI is InChI=1S/C15H21NO4S/c1-12-4-2-5-13(10-12)11-16(14-7-8-14)21(19,20)9-3-6-15(17)18/h2,4-5,10,14H,3,6-9,11H2,1H3,(H,17,18). The first-order valence-electron chi connectivity index (χ1n) is 7.15. The second-order valence-corrected chi connectivity index (χ2v) is 7.62. The Balaban J connectivity index is 2.06. The highest BCUT2D eigenvalue weighted by Crippen LogP contribution is 2.31. The van der Waals surface area contributed by atoms with E-state index < -0.39 is 16.0 Å². The van der Waals surface area contributed by atoms with E-state index in [1.807, 2.05) is 31.2 Å². The van der Waals surface area contributed by atoms with Gasteiger partial charge in [-0.15, -0.1) is 0 Å². The first-order chi connectivity index (χ1) is 9.88. The van der Waals surface area contributed by atoms with Crippen LogP contribution < -0.4 is 0 Å². The predicted molar refractivity (Wildman–Crippen MR) is 80.4 cm³/mol. The number of rotatable bonds is 8. The van der Waals surface area contributed by atoms with E-state index in [9.17, 15) is 13.2 Å². The zero-order chi connectivity index (χ0) is 15.5. The quantitative estimate of drug-likeness (QED) is 0.798. The van der Waals surface area contributed by atoms with E-state index in [1.54, 1.807) is 4.31 Å². The number of aliphatic carboxylic acids is 1. The van der Waals surface area contributed by atoms with E-state index in [-0.39, 0.29) is 24.6 Å². The monoisotopic (exact) mass is 311 g/mol. The van der Waals surface area contributed by atoms with Gasteiger partial charge >= 0.3 is 5.97 Å². The Hall–Kier alpha value is -1.40. The van der Waals surface area contributed by atoms with Crippen LogP contribution in [0.5, 0.6) is 0 Å². The van der Waals surface area contributed by atoms with Crippen LogP contribution in [0, 0.1) is 6.92 Å². The molecule has 1 aromatic rings. The smallest absolute Gasteiger partial charge is 0.303 e. The van der Waals surface area contributed by atoms with Gasteiger partial charge in [0.25, 0.3) is 0 Å². The van der Waals surface area contributed by atoms with Gasteiger partial charge in [0.2, 0.25) is 10.0 Å². The van der Waals surface area contributed by atoms with Crippen LogP contribution in [0.2, 0.25) is 0 Å². The molecule has 0 unspecified atom stereocenters. The van der Waals surface area contributed by atoms with Crippen molar-refractivity contribution >= 4 is 16.0 Å². The Morgan fingerprint density at radius 3 is 2.67 bits per heavy atom. The molecule has 1 saturated carbocycles. The largest absolute Gasteiger partial charge is 0.481 e. The van der Waals surface area contributed by atoms with Gasteiger partial charge in [-0.3, -0.25) is 4.79 Å². The van der Waals surface area contributed by atoms with Crippen LogP contribution in [-0.2, 0) is 21.4 Å². The molecule has 0 atom stereocenters. The number of carboxylic acids is 1. The molecule has 0 bridgehead atoms. The molecular weight excluding hydrogens is 290 g/mol. The van der Waals surface area contributed by atoms with Gasteiger partial charge in [0.05, 0.1) is 5.75 Å². The zero-order valence-electron chi connectivity index (χ0n) is 12.2. The molecule has 2 rings (SSSR count). The van der Waals surface area contributed by atoms with Crippen molar-refractivity contribution < 1.29 is 18.3 Å². The topological polar surface area (TPSA) is 74.7 Å². The van der Waals surface area contributed by atoms with Crippen LogP contribution in [0.4, 0.5) is 0 Å². The number of sulfonamides is 1. The second-order valence-electron chi connectivity index (χ2n) is 5.58.